The molecular formula is C14H6Cl2FIN2. The van der Waals surface area contributed by atoms with Gasteiger partial charge in [0.05, 0.1) is 10.5 Å². The first-order valence-electron chi connectivity index (χ1n) is 5.63. The van der Waals surface area contributed by atoms with E-state index in [4.69, 9.17) is 23.2 Å². The number of fused-ring (bicyclic) bond motifs is 1. The zero-order valence-corrected chi connectivity index (χ0v) is 13.5. The van der Waals surface area contributed by atoms with Gasteiger partial charge >= 0.3 is 0 Å². The maximum absolute atomic E-state index is 13.5. The number of hydrogen-bond donors (Lipinski definition) is 0. The average Bonchev–Trinajstić information content (AvgIpc) is 2.42. The van der Waals surface area contributed by atoms with E-state index >= 15 is 0 Å². The van der Waals surface area contributed by atoms with E-state index in [-0.39, 0.29) is 5.02 Å². The minimum atomic E-state index is -0.508. The van der Waals surface area contributed by atoms with Crippen LogP contribution in [-0.4, -0.2) is 9.97 Å². The second-order valence-corrected chi connectivity index (χ2v) is 6.08. The summed E-state index contributed by atoms with van der Waals surface area (Å²) in [6.07, 6.45) is 0. The van der Waals surface area contributed by atoms with E-state index in [1.165, 1.54) is 6.07 Å². The predicted molar refractivity (Wildman–Crippen MR) is 87.7 cm³/mol. The lowest BCUT2D eigenvalue weighted by atomic mass is 10.2. The van der Waals surface area contributed by atoms with Crippen molar-refractivity contribution in [3.05, 3.63) is 56.0 Å². The molecule has 0 spiro atoms. The third kappa shape index (κ3) is 2.47. The van der Waals surface area contributed by atoms with Gasteiger partial charge in [0.25, 0.3) is 0 Å². The van der Waals surface area contributed by atoms with E-state index in [2.05, 4.69) is 32.6 Å². The van der Waals surface area contributed by atoms with Crippen LogP contribution in [0.25, 0.3) is 22.3 Å². The van der Waals surface area contributed by atoms with Gasteiger partial charge in [-0.15, -0.1) is 0 Å². The lowest BCUT2D eigenvalue weighted by Gasteiger charge is -2.07. The van der Waals surface area contributed by atoms with Crippen molar-refractivity contribution in [3.8, 4) is 11.4 Å². The van der Waals surface area contributed by atoms with E-state index in [0.29, 0.717) is 22.1 Å². The van der Waals surface area contributed by atoms with E-state index in [9.17, 15) is 4.39 Å². The highest BCUT2D eigenvalue weighted by Gasteiger charge is 2.13. The Bertz CT molecular complexity index is 824. The molecule has 1 aromatic heterocycles. The smallest absolute Gasteiger partial charge is 0.163 e. The largest absolute Gasteiger partial charge is 0.228 e. The molecule has 0 aliphatic carbocycles. The number of benzene rings is 2. The molecule has 3 aromatic rings. The van der Waals surface area contributed by atoms with Crippen molar-refractivity contribution in [2.45, 2.75) is 0 Å². The highest BCUT2D eigenvalue weighted by atomic mass is 127. The number of rotatable bonds is 1. The summed E-state index contributed by atoms with van der Waals surface area (Å²) in [6.45, 7) is 0. The summed E-state index contributed by atoms with van der Waals surface area (Å²) in [4.78, 5) is 8.61. The van der Waals surface area contributed by atoms with Crippen LogP contribution in [0.1, 0.15) is 0 Å². The van der Waals surface area contributed by atoms with Crippen molar-refractivity contribution >= 4 is 56.7 Å². The van der Waals surface area contributed by atoms with Gasteiger partial charge in [-0.2, -0.15) is 0 Å². The third-order valence-electron chi connectivity index (χ3n) is 2.80. The van der Waals surface area contributed by atoms with Gasteiger partial charge < -0.3 is 0 Å². The molecule has 0 unspecified atom stereocenters. The summed E-state index contributed by atoms with van der Waals surface area (Å²) in [5.41, 5.74) is 1.12. The maximum Gasteiger partial charge on any atom is 0.163 e. The Kier molecular flexibility index (Phi) is 3.79. The van der Waals surface area contributed by atoms with E-state index in [1.807, 2.05) is 18.2 Å². The fourth-order valence-electron chi connectivity index (χ4n) is 1.86. The molecule has 0 bridgehead atoms. The number of aromatic nitrogens is 2. The van der Waals surface area contributed by atoms with E-state index in [1.54, 1.807) is 12.1 Å². The van der Waals surface area contributed by atoms with Gasteiger partial charge in [0.1, 0.15) is 11.0 Å². The van der Waals surface area contributed by atoms with Gasteiger partial charge in [0.2, 0.25) is 0 Å². The van der Waals surface area contributed by atoms with Crippen LogP contribution in [0.2, 0.25) is 10.2 Å². The van der Waals surface area contributed by atoms with Crippen LogP contribution in [-0.2, 0) is 0 Å². The Morgan fingerprint density at radius 2 is 1.85 bits per heavy atom. The predicted octanol–water partition coefficient (Wildman–Crippen LogP) is 5.35. The van der Waals surface area contributed by atoms with Crippen LogP contribution in [0.5, 0.6) is 0 Å². The molecule has 6 heteroatoms. The summed E-state index contributed by atoms with van der Waals surface area (Å²) >= 11 is 14.3. The fourth-order valence-corrected chi connectivity index (χ4v) is 2.79. The van der Waals surface area contributed by atoms with Crippen molar-refractivity contribution in [1.82, 2.24) is 9.97 Å². The molecule has 2 nitrogen and oxygen atoms in total. The van der Waals surface area contributed by atoms with E-state index < -0.39 is 5.82 Å². The highest BCUT2D eigenvalue weighted by molar-refractivity contribution is 14.1. The van der Waals surface area contributed by atoms with Gasteiger partial charge in [-0.25, -0.2) is 14.4 Å². The number of hydrogen-bond acceptors (Lipinski definition) is 2. The third-order valence-corrected chi connectivity index (χ3v) is 4.15. The molecule has 0 saturated heterocycles. The number of nitrogens with zero attached hydrogens (tertiary/aromatic N) is 2. The molecule has 100 valence electrons. The Morgan fingerprint density at radius 1 is 1.05 bits per heavy atom. The second-order valence-electron chi connectivity index (χ2n) is 4.10. The molecule has 0 atom stereocenters. The first kappa shape index (κ1) is 14.0. The molecular weight excluding hydrogens is 413 g/mol. The quantitative estimate of drug-likeness (QED) is 0.393. The monoisotopic (exact) mass is 418 g/mol. The van der Waals surface area contributed by atoms with Gasteiger partial charge in [0.15, 0.2) is 5.82 Å². The normalized spacial score (nSPS) is 11.0. The molecule has 0 fully saturated rings. The Hall–Kier alpha value is -0.980. The highest BCUT2D eigenvalue weighted by Crippen LogP contribution is 2.31. The first-order valence-corrected chi connectivity index (χ1v) is 7.47. The zero-order valence-electron chi connectivity index (χ0n) is 9.87. The molecule has 0 N–H and O–H groups in total. The molecule has 2 aromatic carbocycles. The Balaban J connectivity index is 2.28. The van der Waals surface area contributed by atoms with Crippen molar-refractivity contribution < 1.29 is 4.39 Å². The summed E-state index contributed by atoms with van der Waals surface area (Å²) in [7, 11) is 0. The van der Waals surface area contributed by atoms with Crippen molar-refractivity contribution in [2.24, 2.45) is 0 Å². The van der Waals surface area contributed by atoms with E-state index in [0.717, 1.165) is 8.96 Å². The first-order chi connectivity index (χ1) is 9.56. The molecule has 0 radical (unpaired) electrons. The maximum atomic E-state index is 13.5. The summed E-state index contributed by atoms with van der Waals surface area (Å²) in [6, 6.07) is 10.2. The SMILES string of the molecule is Fc1cccc(-c2nc(Cl)c3cc(I)ccc3n2)c1Cl. The Labute approximate surface area is 138 Å². The lowest BCUT2D eigenvalue weighted by molar-refractivity contribution is 0.628. The fraction of sp³-hybridized carbons (Fsp3) is 0. The molecule has 0 amide bonds. The van der Waals surface area contributed by atoms with Crippen LogP contribution < -0.4 is 0 Å². The molecule has 0 saturated carbocycles. The summed E-state index contributed by atoms with van der Waals surface area (Å²) in [5, 5.41) is 1.08. The van der Waals surface area contributed by atoms with Gasteiger partial charge in [-0.3, -0.25) is 0 Å². The van der Waals surface area contributed by atoms with Crippen LogP contribution in [0, 0.1) is 9.39 Å². The lowest BCUT2D eigenvalue weighted by Crippen LogP contribution is -1.94. The second kappa shape index (κ2) is 5.42. The molecule has 3 rings (SSSR count). The topological polar surface area (TPSA) is 25.8 Å². The standard InChI is InChI=1S/C14H6Cl2FIN2/c15-12-8(2-1-3-10(12)17)14-19-11-5-4-7(18)6-9(11)13(16)20-14/h1-6H. The number of halogens is 4. The van der Waals surface area contributed by atoms with Gasteiger partial charge in [-0.05, 0) is 52.9 Å². The molecule has 0 aliphatic heterocycles. The van der Waals surface area contributed by atoms with Crippen LogP contribution in [0.15, 0.2) is 36.4 Å². The van der Waals surface area contributed by atoms with Crippen molar-refractivity contribution in [2.75, 3.05) is 0 Å². The Morgan fingerprint density at radius 3 is 2.65 bits per heavy atom. The summed E-state index contributed by atoms with van der Waals surface area (Å²) in [5.74, 6) is -0.195. The van der Waals surface area contributed by atoms with Crippen LogP contribution in [0.3, 0.4) is 0 Å². The van der Waals surface area contributed by atoms with Gasteiger partial charge in [0, 0.05) is 14.5 Å². The van der Waals surface area contributed by atoms with Gasteiger partial charge in [-0.1, -0.05) is 29.3 Å². The van der Waals surface area contributed by atoms with Crippen molar-refractivity contribution in [1.29, 1.82) is 0 Å². The van der Waals surface area contributed by atoms with Crippen molar-refractivity contribution in [3.63, 3.8) is 0 Å². The molecule has 1 heterocycles. The average molecular weight is 419 g/mol. The molecule has 0 aliphatic rings. The molecule has 20 heavy (non-hydrogen) atoms. The summed E-state index contributed by atoms with van der Waals surface area (Å²) < 4.78 is 14.5. The minimum Gasteiger partial charge on any atom is -0.228 e. The van der Waals surface area contributed by atoms with Crippen LogP contribution >= 0.6 is 45.8 Å². The van der Waals surface area contributed by atoms with Crippen LogP contribution in [0.4, 0.5) is 4.39 Å². The minimum absolute atomic E-state index is 0.00608. The zero-order chi connectivity index (χ0) is 14.3.